The van der Waals surface area contributed by atoms with Gasteiger partial charge in [-0.1, -0.05) is 12.1 Å². The first-order valence-corrected chi connectivity index (χ1v) is 9.02. The van der Waals surface area contributed by atoms with Crippen LogP contribution in [0.15, 0.2) is 24.3 Å². The van der Waals surface area contributed by atoms with E-state index in [2.05, 4.69) is 5.32 Å². The van der Waals surface area contributed by atoms with E-state index in [1.807, 2.05) is 50.2 Å². The van der Waals surface area contributed by atoms with Crippen molar-refractivity contribution in [3.05, 3.63) is 29.8 Å². The second kappa shape index (κ2) is 9.42. The minimum Gasteiger partial charge on any atom is -0.466 e. The number of benzene rings is 1. The summed E-state index contributed by atoms with van der Waals surface area (Å²) in [5.41, 5.74) is 2.22. The van der Waals surface area contributed by atoms with Crippen molar-refractivity contribution in [1.82, 2.24) is 5.32 Å². The van der Waals surface area contributed by atoms with Gasteiger partial charge >= 0.3 is 5.97 Å². The molecule has 138 valence electrons. The molecule has 1 fully saturated rings. The van der Waals surface area contributed by atoms with Gasteiger partial charge in [0.2, 0.25) is 0 Å². The van der Waals surface area contributed by atoms with Crippen LogP contribution in [0.2, 0.25) is 0 Å². The van der Waals surface area contributed by atoms with Crippen LogP contribution in [0.1, 0.15) is 25.3 Å². The Labute approximate surface area is 150 Å². The zero-order valence-corrected chi connectivity index (χ0v) is 15.5. The van der Waals surface area contributed by atoms with Crippen molar-refractivity contribution in [1.29, 1.82) is 0 Å². The smallest absolute Gasteiger partial charge is 0.314 e. The Kier molecular flexibility index (Phi) is 7.25. The summed E-state index contributed by atoms with van der Waals surface area (Å²) >= 11 is 0. The number of amides is 1. The second-order valence-corrected chi connectivity index (χ2v) is 6.81. The zero-order chi connectivity index (χ0) is 18.2. The first kappa shape index (κ1) is 19.2. The average molecular weight is 348 g/mol. The molecule has 0 spiro atoms. The maximum absolute atomic E-state index is 12.2. The van der Waals surface area contributed by atoms with Gasteiger partial charge in [0.1, 0.15) is 5.92 Å². The molecule has 1 aromatic rings. The van der Waals surface area contributed by atoms with Gasteiger partial charge < -0.3 is 19.9 Å². The summed E-state index contributed by atoms with van der Waals surface area (Å²) in [6.07, 6.45) is 1.82. The van der Waals surface area contributed by atoms with Crippen molar-refractivity contribution >= 4 is 17.6 Å². The summed E-state index contributed by atoms with van der Waals surface area (Å²) in [6, 6.07) is 8.14. The maximum Gasteiger partial charge on any atom is 0.314 e. The number of likely N-dealkylation sites (tertiary alicyclic amines) is 1. The number of rotatable bonds is 7. The molecule has 1 aromatic carbocycles. The molecule has 0 saturated carbocycles. The molecule has 1 heterocycles. The van der Waals surface area contributed by atoms with Crippen molar-refractivity contribution in [2.24, 2.45) is 5.92 Å². The largest absolute Gasteiger partial charge is 0.466 e. The van der Waals surface area contributed by atoms with Crippen molar-refractivity contribution < 1.29 is 19.2 Å². The first-order valence-electron chi connectivity index (χ1n) is 9.02. The molecule has 0 aromatic heterocycles. The van der Waals surface area contributed by atoms with E-state index in [0.29, 0.717) is 26.2 Å². The maximum atomic E-state index is 12.2. The Morgan fingerprint density at radius 2 is 2.00 bits per heavy atom. The minimum atomic E-state index is -0.124. The molecule has 1 aliphatic heterocycles. The summed E-state index contributed by atoms with van der Waals surface area (Å²) in [5, 5.41) is 2.97. The Morgan fingerprint density at radius 3 is 2.64 bits per heavy atom. The third-order valence-electron chi connectivity index (χ3n) is 4.59. The highest BCUT2D eigenvalue weighted by Gasteiger charge is 2.30. The molecule has 0 aliphatic carbocycles. The number of esters is 1. The van der Waals surface area contributed by atoms with Crippen molar-refractivity contribution in [3.8, 4) is 0 Å². The SMILES string of the molecule is CCOC(=O)[C@H]1CCC[NH+](CC(=O)NCc2ccc(N(C)C)cc2)C1. The molecule has 0 bridgehead atoms. The van der Waals surface area contributed by atoms with Crippen LogP contribution in [0.3, 0.4) is 0 Å². The molecule has 25 heavy (non-hydrogen) atoms. The third kappa shape index (κ3) is 6.05. The highest BCUT2D eigenvalue weighted by Crippen LogP contribution is 2.12. The summed E-state index contributed by atoms with van der Waals surface area (Å²) in [4.78, 5) is 27.3. The van der Waals surface area contributed by atoms with E-state index in [1.165, 1.54) is 0 Å². The van der Waals surface area contributed by atoms with Gasteiger partial charge in [-0.05, 0) is 37.5 Å². The van der Waals surface area contributed by atoms with Gasteiger partial charge in [0.25, 0.3) is 5.91 Å². The number of nitrogens with zero attached hydrogens (tertiary/aromatic N) is 1. The molecule has 6 nitrogen and oxygen atoms in total. The van der Waals surface area contributed by atoms with E-state index >= 15 is 0 Å². The standard InChI is InChI=1S/C19H29N3O3/c1-4-25-19(24)16-6-5-11-22(13-16)14-18(23)20-12-15-7-9-17(10-8-15)21(2)3/h7-10,16H,4-6,11-14H2,1-3H3,(H,20,23)/p+1/t16-/m0/s1. The molecular weight excluding hydrogens is 318 g/mol. The zero-order valence-electron chi connectivity index (χ0n) is 15.5. The highest BCUT2D eigenvalue weighted by atomic mass is 16.5. The molecule has 1 unspecified atom stereocenters. The number of hydrogen-bond donors (Lipinski definition) is 2. The van der Waals surface area contributed by atoms with Crippen LogP contribution in [0.4, 0.5) is 5.69 Å². The molecule has 2 rings (SSSR count). The average Bonchev–Trinajstić information content (AvgIpc) is 2.61. The van der Waals surface area contributed by atoms with Gasteiger partial charge in [-0.15, -0.1) is 0 Å². The van der Waals surface area contributed by atoms with E-state index in [1.54, 1.807) is 0 Å². The summed E-state index contributed by atoms with van der Waals surface area (Å²) in [7, 11) is 4.00. The molecule has 1 saturated heterocycles. The molecular formula is C19H30N3O3+. The van der Waals surface area contributed by atoms with Crippen molar-refractivity contribution in [2.45, 2.75) is 26.3 Å². The van der Waals surface area contributed by atoms with Crippen molar-refractivity contribution in [2.75, 3.05) is 45.2 Å². The predicted octanol–water partition coefficient (Wildman–Crippen LogP) is 0.227. The Bertz CT molecular complexity index is 572. The molecule has 6 heteroatoms. The molecule has 2 atom stereocenters. The molecule has 0 radical (unpaired) electrons. The van der Waals surface area contributed by atoms with Gasteiger partial charge in [-0.25, -0.2) is 0 Å². The number of anilines is 1. The fourth-order valence-electron chi connectivity index (χ4n) is 3.18. The highest BCUT2D eigenvalue weighted by molar-refractivity contribution is 5.77. The fourth-order valence-corrected chi connectivity index (χ4v) is 3.18. The number of quaternary nitrogens is 1. The summed E-state index contributed by atoms with van der Waals surface area (Å²) in [5.74, 6) is -0.174. The van der Waals surface area contributed by atoms with Crippen LogP contribution in [-0.4, -0.2) is 52.2 Å². The first-order chi connectivity index (χ1) is 12.0. The van der Waals surface area contributed by atoms with Gasteiger partial charge in [-0.2, -0.15) is 0 Å². The number of ether oxygens (including phenoxy) is 1. The van der Waals surface area contributed by atoms with Crippen LogP contribution in [0, 0.1) is 5.92 Å². The molecule has 2 N–H and O–H groups in total. The number of piperidine rings is 1. The number of carbonyl (C=O) groups is 2. The minimum absolute atomic E-state index is 0.0243. The quantitative estimate of drug-likeness (QED) is 0.693. The van der Waals surface area contributed by atoms with Crippen LogP contribution in [0.25, 0.3) is 0 Å². The van der Waals surface area contributed by atoms with Gasteiger partial charge in [-0.3, -0.25) is 9.59 Å². The summed E-state index contributed by atoms with van der Waals surface area (Å²) < 4.78 is 5.11. The number of hydrogen-bond acceptors (Lipinski definition) is 4. The van der Waals surface area contributed by atoms with E-state index in [9.17, 15) is 9.59 Å². The monoisotopic (exact) mass is 348 g/mol. The van der Waals surface area contributed by atoms with Crippen LogP contribution < -0.4 is 15.1 Å². The lowest BCUT2D eigenvalue weighted by atomic mass is 9.98. The lowest BCUT2D eigenvalue weighted by molar-refractivity contribution is -0.899. The predicted molar refractivity (Wildman–Crippen MR) is 97.5 cm³/mol. The Balaban J connectivity index is 1.76. The summed E-state index contributed by atoms with van der Waals surface area (Å²) in [6.45, 7) is 4.79. The van der Waals surface area contributed by atoms with Crippen LogP contribution in [0.5, 0.6) is 0 Å². The number of nitrogens with one attached hydrogen (secondary N) is 2. The van der Waals surface area contributed by atoms with E-state index < -0.39 is 0 Å². The van der Waals surface area contributed by atoms with E-state index in [0.717, 1.165) is 35.5 Å². The number of carbonyl (C=O) groups excluding carboxylic acids is 2. The van der Waals surface area contributed by atoms with E-state index in [4.69, 9.17) is 4.74 Å². The van der Waals surface area contributed by atoms with Crippen molar-refractivity contribution in [3.63, 3.8) is 0 Å². The van der Waals surface area contributed by atoms with Gasteiger partial charge in [0.15, 0.2) is 6.54 Å². The van der Waals surface area contributed by atoms with Crippen LogP contribution >= 0.6 is 0 Å². The Hall–Kier alpha value is -2.08. The van der Waals surface area contributed by atoms with Crippen LogP contribution in [-0.2, 0) is 20.9 Å². The van der Waals surface area contributed by atoms with E-state index in [-0.39, 0.29) is 17.8 Å². The lowest BCUT2D eigenvalue weighted by Crippen LogP contribution is -3.14. The lowest BCUT2D eigenvalue weighted by Gasteiger charge is -2.28. The second-order valence-electron chi connectivity index (χ2n) is 6.81. The topological polar surface area (TPSA) is 63.1 Å². The molecule has 1 aliphatic rings. The van der Waals surface area contributed by atoms with Gasteiger partial charge in [0, 0.05) is 26.3 Å². The normalized spacial score (nSPS) is 20.0. The third-order valence-corrected chi connectivity index (χ3v) is 4.59. The Morgan fingerprint density at radius 1 is 1.28 bits per heavy atom. The van der Waals surface area contributed by atoms with Gasteiger partial charge in [0.05, 0.1) is 19.7 Å². The molecule has 1 amide bonds. The fraction of sp³-hybridized carbons (Fsp3) is 0.579.